The van der Waals surface area contributed by atoms with Gasteiger partial charge in [0.15, 0.2) is 11.6 Å². The van der Waals surface area contributed by atoms with Gasteiger partial charge >= 0.3 is 0 Å². The topological polar surface area (TPSA) is 48.5 Å². The highest BCUT2D eigenvalue weighted by molar-refractivity contribution is 5.95. The number of likely N-dealkylation sites (N-methyl/N-ethyl adjacent to an activating group) is 2. The first-order valence-corrected chi connectivity index (χ1v) is 7.16. The van der Waals surface area contributed by atoms with Gasteiger partial charge in [-0.1, -0.05) is 0 Å². The van der Waals surface area contributed by atoms with Crippen molar-refractivity contribution in [1.29, 1.82) is 0 Å². The maximum atomic E-state index is 14.2. The largest absolute Gasteiger partial charge is 0.371 e. The van der Waals surface area contributed by atoms with Gasteiger partial charge in [0.1, 0.15) is 0 Å². The zero-order valence-electron chi connectivity index (χ0n) is 13.1. The summed E-state index contributed by atoms with van der Waals surface area (Å²) in [7, 11) is 7.37. The summed E-state index contributed by atoms with van der Waals surface area (Å²) >= 11 is 0. The summed E-state index contributed by atoms with van der Waals surface area (Å²) in [5.74, 6) is -0.802. The Morgan fingerprint density at radius 3 is 2.57 bits per heavy atom. The number of carbonyl (C=O) groups excluding carboxylic acids is 1. The Hall–Kier alpha value is -1.69. The van der Waals surface area contributed by atoms with Gasteiger partial charge in [0.05, 0.1) is 5.56 Å². The first kappa shape index (κ1) is 15.7. The van der Waals surface area contributed by atoms with Crippen molar-refractivity contribution in [3.05, 3.63) is 23.6 Å². The van der Waals surface area contributed by atoms with E-state index in [4.69, 9.17) is 0 Å². The third kappa shape index (κ3) is 2.85. The maximum Gasteiger partial charge on any atom is 0.256 e. The summed E-state index contributed by atoms with van der Waals surface area (Å²) in [5, 5.41) is 2.65. The van der Waals surface area contributed by atoms with Crippen molar-refractivity contribution in [2.45, 2.75) is 24.8 Å². The number of amides is 1. The van der Waals surface area contributed by atoms with E-state index in [2.05, 4.69) is 15.2 Å². The maximum absolute atomic E-state index is 14.2. The van der Waals surface area contributed by atoms with E-state index in [1.165, 1.54) is 18.7 Å². The number of rotatable bonds is 5. The number of nitrogens with zero attached hydrogens (tertiary/aromatic N) is 3. The second kappa shape index (κ2) is 5.97. The molecule has 116 valence electrons. The highest BCUT2D eigenvalue weighted by Crippen LogP contribution is 2.36. The van der Waals surface area contributed by atoms with Gasteiger partial charge in [-0.25, -0.2) is 9.37 Å². The van der Waals surface area contributed by atoms with Gasteiger partial charge in [-0.2, -0.15) is 0 Å². The summed E-state index contributed by atoms with van der Waals surface area (Å²) in [6.45, 7) is 0.607. The second-order valence-corrected chi connectivity index (χ2v) is 5.90. The molecule has 5 nitrogen and oxygen atoms in total. The lowest BCUT2D eigenvalue weighted by Gasteiger charge is -2.49. The predicted molar refractivity (Wildman–Crippen MR) is 81.0 cm³/mol. The highest BCUT2D eigenvalue weighted by Gasteiger charge is 2.41. The Labute approximate surface area is 125 Å². The smallest absolute Gasteiger partial charge is 0.256 e. The van der Waals surface area contributed by atoms with Crippen LogP contribution in [0.5, 0.6) is 0 Å². The molecule has 0 unspecified atom stereocenters. The molecule has 0 bridgehead atoms. The summed E-state index contributed by atoms with van der Waals surface area (Å²) in [6.07, 6.45) is 4.76. The summed E-state index contributed by atoms with van der Waals surface area (Å²) in [4.78, 5) is 20.1. The number of carbonyl (C=O) groups is 1. The molecule has 0 aromatic carbocycles. The van der Waals surface area contributed by atoms with Gasteiger partial charge in [0.25, 0.3) is 5.91 Å². The van der Waals surface area contributed by atoms with Crippen LogP contribution < -0.4 is 5.32 Å². The Bertz CT molecular complexity index is 528. The van der Waals surface area contributed by atoms with Crippen LogP contribution in [0.2, 0.25) is 0 Å². The first-order valence-electron chi connectivity index (χ1n) is 7.16. The van der Waals surface area contributed by atoms with Gasteiger partial charge in [-0.15, -0.1) is 0 Å². The number of hydrogen-bond donors (Lipinski definition) is 1. The van der Waals surface area contributed by atoms with Crippen LogP contribution in [0.25, 0.3) is 0 Å². The van der Waals surface area contributed by atoms with Crippen LogP contribution in [0.4, 0.5) is 10.2 Å². The highest BCUT2D eigenvalue weighted by atomic mass is 19.1. The standard InChI is InChI=1S/C15H23FN4O/c1-17-13-12(16)11(6-9-18-13)14(21)20(4)10-15(19(2)3)7-5-8-15/h6,9H,5,7-8,10H2,1-4H3,(H,17,18). The third-order valence-corrected chi connectivity index (χ3v) is 4.47. The normalized spacial score (nSPS) is 16.5. The van der Waals surface area contributed by atoms with Gasteiger partial charge in [-0.3, -0.25) is 4.79 Å². The van der Waals surface area contributed by atoms with Crippen molar-refractivity contribution < 1.29 is 9.18 Å². The molecule has 0 spiro atoms. The molecule has 1 aliphatic carbocycles. The van der Waals surface area contributed by atoms with E-state index >= 15 is 0 Å². The molecule has 6 heteroatoms. The van der Waals surface area contributed by atoms with E-state index in [-0.39, 0.29) is 22.8 Å². The minimum atomic E-state index is -0.593. The summed E-state index contributed by atoms with van der Waals surface area (Å²) in [6, 6.07) is 1.43. The minimum absolute atomic E-state index is 0.0275. The SMILES string of the molecule is CNc1nccc(C(=O)N(C)CC2(N(C)C)CCC2)c1F. The first-order chi connectivity index (χ1) is 9.91. The zero-order valence-corrected chi connectivity index (χ0v) is 13.1. The van der Waals surface area contributed by atoms with Crippen molar-refractivity contribution in [3.8, 4) is 0 Å². The number of anilines is 1. The molecule has 1 aliphatic rings. The molecular weight excluding hydrogens is 271 g/mol. The Kier molecular flexibility index (Phi) is 4.46. The third-order valence-electron chi connectivity index (χ3n) is 4.47. The molecule has 1 saturated carbocycles. The number of pyridine rings is 1. The fraction of sp³-hybridized carbons (Fsp3) is 0.600. The van der Waals surface area contributed by atoms with Crippen LogP contribution in [0.15, 0.2) is 12.3 Å². The van der Waals surface area contributed by atoms with Crippen molar-refractivity contribution in [2.24, 2.45) is 0 Å². The monoisotopic (exact) mass is 294 g/mol. The quantitative estimate of drug-likeness (QED) is 0.900. The van der Waals surface area contributed by atoms with Gasteiger partial charge < -0.3 is 15.1 Å². The molecule has 0 saturated heterocycles. The molecule has 1 amide bonds. The van der Waals surface area contributed by atoms with Crippen LogP contribution in [0.1, 0.15) is 29.6 Å². The van der Waals surface area contributed by atoms with E-state index in [0.717, 1.165) is 12.8 Å². The van der Waals surface area contributed by atoms with Crippen LogP contribution in [-0.2, 0) is 0 Å². The lowest BCUT2D eigenvalue weighted by Crippen LogP contribution is -2.57. The number of hydrogen-bond acceptors (Lipinski definition) is 4. The van der Waals surface area contributed by atoms with Crippen LogP contribution in [0.3, 0.4) is 0 Å². The molecule has 21 heavy (non-hydrogen) atoms. The van der Waals surface area contributed by atoms with Crippen molar-refractivity contribution in [3.63, 3.8) is 0 Å². The average Bonchev–Trinajstić information content (AvgIpc) is 2.41. The molecule has 1 fully saturated rings. The molecule has 0 radical (unpaired) electrons. The van der Waals surface area contributed by atoms with Crippen LogP contribution >= 0.6 is 0 Å². The van der Waals surface area contributed by atoms with E-state index in [1.54, 1.807) is 19.0 Å². The van der Waals surface area contributed by atoms with Crippen molar-refractivity contribution in [2.75, 3.05) is 40.1 Å². The molecule has 0 atom stereocenters. The molecular formula is C15H23FN4O. The zero-order chi connectivity index (χ0) is 15.6. The Balaban J connectivity index is 2.16. The van der Waals surface area contributed by atoms with E-state index < -0.39 is 5.82 Å². The second-order valence-electron chi connectivity index (χ2n) is 5.90. The van der Waals surface area contributed by atoms with E-state index in [1.807, 2.05) is 14.1 Å². The van der Waals surface area contributed by atoms with Crippen LogP contribution in [0, 0.1) is 5.82 Å². The summed E-state index contributed by atoms with van der Waals surface area (Å²) < 4.78 is 14.2. The lowest BCUT2D eigenvalue weighted by molar-refractivity contribution is 0.0250. The number of halogens is 1. The fourth-order valence-corrected chi connectivity index (χ4v) is 2.83. The van der Waals surface area contributed by atoms with Gasteiger partial charge in [-0.05, 0) is 39.4 Å². The van der Waals surface area contributed by atoms with E-state index in [0.29, 0.717) is 6.54 Å². The molecule has 1 N–H and O–H groups in total. The molecule has 1 aromatic heterocycles. The number of nitrogens with one attached hydrogen (secondary N) is 1. The fourth-order valence-electron chi connectivity index (χ4n) is 2.83. The lowest BCUT2D eigenvalue weighted by atomic mass is 9.75. The Morgan fingerprint density at radius 1 is 1.43 bits per heavy atom. The van der Waals surface area contributed by atoms with Crippen molar-refractivity contribution >= 4 is 11.7 Å². The number of aromatic nitrogens is 1. The minimum Gasteiger partial charge on any atom is -0.371 e. The summed E-state index contributed by atoms with van der Waals surface area (Å²) in [5.41, 5.74) is 0.0878. The molecule has 1 aromatic rings. The molecule has 0 aliphatic heterocycles. The molecule has 2 rings (SSSR count). The van der Waals surface area contributed by atoms with Gasteiger partial charge in [0.2, 0.25) is 0 Å². The van der Waals surface area contributed by atoms with Crippen LogP contribution in [-0.4, -0.2) is 61.0 Å². The van der Waals surface area contributed by atoms with E-state index in [9.17, 15) is 9.18 Å². The Morgan fingerprint density at radius 2 is 2.10 bits per heavy atom. The van der Waals surface area contributed by atoms with Crippen molar-refractivity contribution in [1.82, 2.24) is 14.8 Å². The predicted octanol–water partition coefficient (Wildman–Crippen LogP) is 1.82. The molecule has 1 heterocycles. The van der Waals surface area contributed by atoms with Gasteiger partial charge in [0, 0.05) is 32.4 Å². The average molecular weight is 294 g/mol.